The van der Waals surface area contributed by atoms with Gasteiger partial charge in [-0.1, -0.05) is 66.6 Å². The van der Waals surface area contributed by atoms with Crippen LogP contribution in [0.25, 0.3) is 0 Å². The molecule has 0 fully saturated rings. The van der Waals surface area contributed by atoms with Crippen molar-refractivity contribution in [2.24, 2.45) is 0 Å². The Morgan fingerprint density at radius 1 is 0.875 bits per heavy atom. The number of amides is 2. The molecular formula is C32H41N3O4S. The van der Waals surface area contributed by atoms with Gasteiger partial charge in [0.25, 0.3) is 10.0 Å². The maximum absolute atomic E-state index is 14.1. The molecule has 3 aromatic carbocycles. The average Bonchev–Trinajstić information content (AvgIpc) is 2.91. The van der Waals surface area contributed by atoms with E-state index < -0.39 is 28.5 Å². The molecule has 7 nitrogen and oxygen atoms in total. The van der Waals surface area contributed by atoms with E-state index in [4.69, 9.17) is 0 Å². The summed E-state index contributed by atoms with van der Waals surface area (Å²) in [5.74, 6) is -0.750. The van der Waals surface area contributed by atoms with Crippen LogP contribution in [0.2, 0.25) is 0 Å². The van der Waals surface area contributed by atoms with Crippen LogP contribution in [0.1, 0.15) is 55.0 Å². The number of sulfonamides is 1. The number of hydrogen-bond donors (Lipinski definition) is 1. The molecule has 1 N–H and O–H groups in total. The predicted molar refractivity (Wildman–Crippen MR) is 161 cm³/mol. The van der Waals surface area contributed by atoms with Crippen LogP contribution < -0.4 is 9.62 Å². The van der Waals surface area contributed by atoms with Crippen molar-refractivity contribution in [2.45, 2.75) is 78.4 Å². The first-order chi connectivity index (χ1) is 18.8. The summed E-state index contributed by atoms with van der Waals surface area (Å²) in [5.41, 5.74) is 4.92. The minimum absolute atomic E-state index is 0.0563. The van der Waals surface area contributed by atoms with Crippen LogP contribution in [0, 0.1) is 27.7 Å². The van der Waals surface area contributed by atoms with Crippen molar-refractivity contribution < 1.29 is 18.0 Å². The molecule has 214 valence electrons. The summed E-state index contributed by atoms with van der Waals surface area (Å²) in [6, 6.07) is 18.8. The smallest absolute Gasteiger partial charge is 0.264 e. The Kier molecular flexibility index (Phi) is 10.1. The largest absolute Gasteiger partial charge is 0.352 e. The van der Waals surface area contributed by atoms with Gasteiger partial charge in [-0.15, -0.1) is 0 Å². The number of aryl methyl sites for hydroxylation is 3. The molecule has 2 amide bonds. The van der Waals surface area contributed by atoms with Crippen LogP contribution in [0.5, 0.6) is 0 Å². The zero-order valence-electron chi connectivity index (χ0n) is 24.6. The highest BCUT2D eigenvalue weighted by molar-refractivity contribution is 7.92. The van der Waals surface area contributed by atoms with Crippen molar-refractivity contribution in [3.63, 3.8) is 0 Å². The monoisotopic (exact) mass is 563 g/mol. The van der Waals surface area contributed by atoms with Gasteiger partial charge in [-0.2, -0.15) is 0 Å². The molecule has 0 aliphatic heterocycles. The fourth-order valence-electron chi connectivity index (χ4n) is 4.41. The topological polar surface area (TPSA) is 86.8 Å². The fourth-order valence-corrected chi connectivity index (χ4v) is 5.88. The molecule has 0 unspecified atom stereocenters. The van der Waals surface area contributed by atoms with Crippen molar-refractivity contribution in [2.75, 3.05) is 10.8 Å². The third-order valence-corrected chi connectivity index (χ3v) is 9.11. The van der Waals surface area contributed by atoms with Crippen molar-refractivity contribution >= 4 is 27.5 Å². The number of rotatable bonds is 11. The average molecular weight is 564 g/mol. The first-order valence-corrected chi connectivity index (χ1v) is 15.1. The minimum Gasteiger partial charge on any atom is -0.352 e. The number of nitrogens with one attached hydrogen (secondary N) is 1. The molecule has 40 heavy (non-hydrogen) atoms. The summed E-state index contributed by atoms with van der Waals surface area (Å²) in [6.07, 6.45) is 0.749. The third-order valence-electron chi connectivity index (χ3n) is 7.34. The summed E-state index contributed by atoms with van der Waals surface area (Å²) in [7, 11) is -4.10. The molecule has 0 saturated heterocycles. The molecule has 3 rings (SSSR count). The van der Waals surface area contributed by atoms with Gasteiger partial charge in [-0.3, -0.25) is 13.9 Å². The predicted octanol–water partition coefficient (Wildman–Crippen LogP) is 5.45. The second-order valence-corrected chi connectivity index (χ2v) is 12.4. The lowest BCUT2D eigenvalue weighted by atomic mass is 10.1. The zero-order chi connectivity index (χ0) is 29.6. The number of nitrogens with zero attached hydrogens (tertiary/aromatic N) is 2. The van der Waals surface area contributed by atoms with E-state index in [2.05, 4.69) is 5.32 Å². The molecule has 0 aromatic heterocycles. The first kappa shape index (κ1) is 30.9. The highest BCUT2D eigenvalue weighted by Gasteiger charge is 2.33. The van der Waals surface area contributed by atoms with E-state index in [0.29, 0.717) is 5.69 Å². The summed E-state index contributed by atoms with van der Waals surface area (Å²) in [6.45, 7) is 12.9. The van der Waals surface area contributed by atoms with E-state index in [9.17, 15) is 18.0 Å². The summed E-state index contributed by atoms with van der Waals surface area (Å²) in [4.78, 5) is 28.8. The van der Waals surface area contributed by atoms with E-state index in [1.54, 1.807) is 43.3 Å². The Morgan fingerprint density at radius 2 is 1.52 bits per heavy atom. The number of carbonyl (C=O) groups is 2. The second-order valence-electron chi connectivity index (χ2n) is 10.5. The lowest BCUT2D eigenvalue weighted by Gasteiger charge is -2.33. The van der Waals surface area contributed by atoms with Gasteiger partial charge in [0.15, 0.2) is 0 Å². The Balaban J connectivity index is 2.07. The van der Waals surface area contributed by atoms with Crippen molar-refractivity contribution in [1.82, 2.24) is 10.2 Å². The number of benzene rings is 3. The maximum Gasteiger partial charge on any atom is 0.264 e. The van der Waals surface area contributed by atoms with E-state index in [-0.39, 0.29) is 23.4 Å². The molecule has 2 atom stereocenters. The molecule has 3 aromatic rings. The van der Waals surface area contributed by atoms with Crippen LogP contribution in [0.15, 0.2) is 71.6 Å². The molecule has 0 aliphatic rings. The van der Waals surface area contributed by atoms with Gasteiger partial charge in [0.05, 0.1) is 10.6 Å². The molecule has 8 heteroatoms. The second kappa shape index (κ2) is 13.1. The van der Waals surface area contributed by atoms with Crippen LogP contribution >= 0.6 is 0 Å². The molecule has 0 heterocycles. The van der Waals surface area contributed by atoms with E-state index >= 15 is 0 Å². The van der Waals surface area contributed by atoms with Crippen molar-refractivity contribution in [1.29, 1.82) is 0 Å². The van der Waals surface area contributed by atoms with Gasteiger partial charge >= 0.3 is 0 Å². The lowest BCUT2D eigenvalue weighted by molar-refractivity contribution is -0.139. The summed E-state index contributed by atoms with van der Waals surface area (Å²) in [5, 5.41) is 2.96. The lowest BCUT2D eigenvalue weighted by Crippen LogP contribution is -2.52. The van der Waals surface area contributed by atoms with Gasteiger partial charge in [-0.05, 0) is 82.9 Å². The van der Waals surface area contributed by atoms with Gasteiger partial charge in [-0.25, -0.2) is 8.42 Å². The van der Waals surface area contributed by atoms with Crippen molar-refractivity contribution in [3.05, 3.63) is 94.5 Å². The molecule has 0 radical (unpaired) electrons. The molecule has 0 aliphatic carbocycles. The number of carbonyl (C=O) groups excluding carboxylic acids is 2. The Morgan fingerprint density at radius 3 is 2.15 bits per heavy atom. The summed E-state index contributed by atoms with van der Waals surface area (Å²) >= 11 is 0. The highest BCUT2D eigenvalue weighted by atomic mass is 32.2. The fraction of sp³-hybridized carbons (Fsp3) is 0.375. The Bertz CT molecular complexity index is 1450. The van der Waals surface area contributed by atoms with E-state index in [1.165, 1.54) is 9.21 Å². The van der Waals surface area contributed by atoms with Crippen molar-refractivity contribution in [3.8, 4) is 0 Å². The van der Waals surface area contributed by atoms with Crippen LogP contribution in [-0.2, 0) is 26.2 Å². The summed E-state index contributed by atoms with van der Waals surface area (Å²) < 4.78 is 29.2. The van der Waals surface area contributed by atoms with Gasteiger partial charge in [0, 0.05) is 12.6 Å². The quantitative estimate of drug-likeness (QED) is 0.336. The third kappa shape index (κ3) is 7.30. The first-order valence-electron chi connectivity index (χ1n) is 13.7. The standard InChI is InChI=1S/C32H41N3O4S/c1-8-25(5)33-32(37)27(7)34(20-28-13-9-11-23(3)19-28)31(36)21-35(30-14-10-12-24(4)26(30)6)40(38,39)29-17-15-22(2)16-18-29/h9-19,25,27H,8,20-21H2,1-7H3,(H,33,37)/t25-,27+/m1/s1. The van der Waals surface area contributed by atoms with E-state index in [0.717, 1.165) is 34.2 Å². The zero-order valence-corrected chi connectivity index (χ0v) is 25.4. The SMILES string of the molecule is CC[C@@H](C)NC(=O)[C@H](C)N(Cc1cccc(C)c1)C(=O)CN(c1cccc(C)c1C)S(=O)(=O)c1ccc(C)cc1. The van der Waals surface area contributed by atoms with Crippen LogP contribution in [0.3, 0.4) is 0 Å². The molecular weight excluding hydrogens is 522 g/mol. The Labute approximate surface area is 239 Å². The molecule has 0 bridgehead atoms. The normalized spacial score (nSPS) is 12.9. The Hall–Kier alpha value is -3.65. The van der Waals surface area contributed by atoms with Gasteiger partial charge in [0.1, 0.15) is 12.6 Å². The van der Waals surface area contributed by atoms with Gasteiger partial charge < -0.3 is 10.2 Å². The number of hydrogen-bond acceptors (Lipinski definition) is 4. The van der Waals surface area contributed by atoms with E-state index in [1.807, 2.05) is 71.9 Å². The van der Waals surface area contributed by atoms with Crippen LogP contribution in [0.4, 0.5) is 5.69 Å². The number of anilines is 1. The van der Waals surface area contributed by atoms with Crippen LogP contribution in [-0.4, -0.2) is 43.8 Å². The molecule has 0 spiro atoms. The van der Waals surface area contributed by atoms with Gasteiger partial charge in [0.2, 0.25) is 11.8 Å². The maximum atomic E-state index is 14.1. The minimum atomic E-state index is -4.10. The highest BCUT2D eigenvalue weighted by Crippen LogP contribution is 2.29. The molecule has 0 saturated carbocycles.